The number of esters is 1. The van der Waals surface area contributed by atoms with E-state index in [2.05, 4.69) is 10.3 Å². The fourth-order valence-corrected chi connectivity index (χ4v) is 5.38. The van der Waals surface area contributed by atoms with E-state index in [-0.39, 0.29) is 18.1 Å². The monoisotopic (exact) mass is 493 g/mol. The zero-order valence-corrected chi connectivity index (χ0v) is 19.6. The Morgan fingerprint density at radius 1 is 1.06 bits per heavy atom. The summed E-state index contributed by atoms with van der Waals surface area (Å²) >= 11 is 7.46. The number of carbonyl (C=O) groups excluding carboxylic acids is 2. The molecule has 1 amide bonds. The van der Waals surface area contributed by atoms with Gasteiger partial charge >= 0.3 is 5.97 Å². The molecule has 9 heteroatoms. The van der Waals surface area contributed by atoms with Gasteiger partial charge in [-0.1, -0.05) is 17.7 Å². The topological polar surface area (TPSA) is 89.8 Å². The number of hydrogen-bond donors (Lipinski definition) is 1. The third-order valence-corrected chi connectivity index (χ3v) is 7.01. The Labute approximate surface area is 204 Å². The van der Waals surface area contributed by atoms with E-state index in [1.165, 1.54) is 22.3 Å². The summed E-state index contributed by atoms with van der Waals surface area (Å²) in [5, 5.41) is 3.23. The number of nitrogens with zero attached hydrogens (tertiary/aromatic N) is 2. The molecule has 1 aliphatic rings. The van der Waals surface area contributed by atoms with Crippen LogP contribution in [0.15, 0.2) is 59.4 Å². The van der Waals surface area contributed by atoms with Crippen molar-refractivity contribution in [3.05, 3.63) is 97.4 Å². The molecule has 0 saturated heterocycles. The Bertz CT molecular complexity index is 1460. The zero-order valence-electron chi connectivity index (χ0n) is 18.0. The lowest BCUT2D eigenvalue weighted by Gasteiger charge is -2.10. The van der Waals surface area contributed by atoms with Crippen LogP contribution in [0.1, 0.15) is 49.8 Å². The minimum Gasteiger partial charge on any atom is -0.456 e. The minimum absolute atomic E-state index is 0.0968. The molecule has 5 rings (SSSR count). The molecule has 1 aliphatic carbocycles. The molecule has 0 unspecified atom stereocenters. The highest BCUT2D eigenvalue weighted by Gasteiger charge is 2.19. The number of aryl methyl sites for hydroxylation is 2. The average molecular weight is 494 g/mol. The number of nitrogens with one attached hydrogen (secondary N) is 1. The normalized spacial score (nSPS) is 12.9. The van der Waals surface area contributed by atoms with Crippen molar-refractivity contribution >= 4 is 45.5 Å². The number of benzene rings is 2. The molecule has 0 aliphatic heterocycles. The van der Waals surface area contributed by atoms with Crippen LogP contribution in [0, 0.1) is 0 Å². The molecule has 2 aromatic carbocycles. The number of thiazole rings is 1. The van der Waals surface area contributed by atoms with Gasteiger partial charge in [-0.05, 0) is 68.1 Å². The van der Waals surface area contributed by atoms with Gasteiger partial charge in [-0.15, -0.1) is 11.3 Å². The van der Waals surface area contributed by atoms with Crippen LogP contribution in [-0.2, 0) is 24.2 Å². The van der Waals surface area contributed by atoms with Gasteiger partial charge in [-0.2, -0.15) is 0 Å². The SMILES string of the molecule is O=C(Nc1ccc(C(=O)OCc2cc(=O)n3c4c(sc3n2)CCCC4)cc1)c1cccc(Cl)c1. The molecule has 0 spiro atoms. The van der Waals surface area contributed by atoms with Crippen molar-refractivity contribution in [2.24, 2.45) is 0 Å². The molecule has 2 aromatic heterocycles. The van der Waals surface area contributed by atoms with Crippen LogP contribution in [0.5, 0.6) is 0 Å². The van der Waals surface area contributed by atoms with Crippen molar-refractivity contribution in [1.82, 2.24) is 9.38 Å². The van der Waals surface area contributed by atoms with E-state index in [0.717, 1.165) is 31.4 Å². The first-order chi connectivity index (χ1) is 16.5. The van der Waals surface area contributed by atoms with E-state index in [0.29, 0.717) is 32.5 Å². The molecule has 4 aromatic rings. The first kappa shape index (κ1) is 22.3. The van der Waals surface area contributed by atoms with E-state index >= 15 is 0 Å². The van der Waals surface area contributed by atoms with Crippen LogP contribution in [0.25, 0.3) is 4.96 Å². The Hall–Kier alpha value is -3.49. The fourth-order valence-electron chi connectivity index (χ4n) is 3.96. The summed E-state index contributed by atoms with van der Waals surface area (Å²) in [6, 6.07) is 14.4. The number of anilines is 1. The summed E-state index contributed by atoms with van der Waals surface area (Å²) in [5.74, 6) is -0.846. The molecule has 1 N–H and O–H groups in total. The van der Waals surface area contributed by atoms with E-state index in [9.17, 15) is 14.4 Å². The van der Waals surface area contributed by atoms with Crippen molar-refractivity contribution in [2.45, 2.75) is 32.3 Å². The molecule has 172 valence electrons. The van der Waals surface area contributed by atoms with Gasteiger partial charge in [0.15, 0.2) is 4.96 Å². The van der Waals surface area contributed by atoms with Crippen LogP contribution in [0.2, 0.25) is 5.02 Å². The third kappa shape index (κ3) is 4.60. The van der Waals surface area contributed by atoms with Gasteiger partial charge in [0, 0.05) is 32.9 Å². The predicted octanol–water partition coefficient (Wildman–Crippen LogP) is 4.90. The fraction of sp³-hybridized carbons (Fsp3) is 0.200. The molecular formula is C25H20ClN3O4S. The number of ether oxygens (including phenoxy) is 1. The maximum atomic E-state index is 12.6. The first-order valence-electron chi connectivity index (χ1n) is 10.9. The molecule has 0 bridgehead atoms. The molecule has 7 nitrogen and oxygen atoms in total. The number of hydrogen-bond acceptors (Lipinski definition) is 6. The van der Waals surface area contributed by atoms with Gasteiger partial charge < -0.3 is 10.1 Å². The Kier molecular flexibility index (Phi) is 6.17. The van der Waals surface area contributed by atoms with Crippen LogP contribution in [0.4, 0.5) is 5.69 Å². The van der Waals surface area contributed by atoms with E-state index < -0.39 is 5.97 Å². The number of aromatic nitrogens is 2. The van der Waals surface area contributed by atoms with Gasteiger partial charge in [-0.3, -0.25) is 14.0 Å². The number of halogens is 1. The average Bonchev–Trinajstić information content (AvgIpc) is 3.22. The van der Waals surface area contributed by atoms with Gasteiger partial charge in [-0.25, -0.2) is 9.78 Å². The number of carbonyl (C=O) groups is 2. The number of rotatable bonds is 5. The number of fused-ring (bicyclic) bond motifs is 3. The summed E-state index contributed by atoms with van der Waals surface area (Å²) in [4.78, 5) is 43.9. The lowest BCUT2D eigenvalue weighted by Crippen LogP contribution is -2.18. The Balaban J connectivity index is 1.24. The maximum Gasteiger partial charge on any atom is 0.338 e. The summed E-state index contributed by atoms with van der Waals surface area (Å²) < 4.78 is 7.06. The highest BCUT2D eigenvalue weighted by atomic mass is 35.5. The molecule has 2 heterocycles. The van der Waals surface area contributed by atoms with Crippen molar-refractivity contribution in [3.63, 3.8) is 0 Å². The highest BCUT2D eigenvalue weighted by Crippen LogP contribution is 2.28. The Morgan fingerprint density at radius 3 is 2.65 bits per heavy atom. The maximum absolute atomic E-state index is 12.6. The lowest BCUT2D eigenvalue weighted by molar-refractivity contribution is 0.0467. The quantitative estimate of drug-likeness (QED) is 0.399. The second-order valence-corrected chi connectivity index (χ2v) is 9.50. The minimum atomic E-state index is -0.541. The van der Waals surface area contributed by atoms with Crippen LogP contribution >= 0.6 is 22.9 Å². The molecule has 34 heavy (non-hydrogen) atoms. The second kappa shape index (κ2) is 9.40. The van der Waals surface area contributed by atoms with E-state index in [4.69, 9.17) is 16.3 Å². The van der Waals surface area contributed by atoms with Crippen molar-refractivity contribution < 1.29 is 14.3 Å². The standard InChI is InChI=1S/C25H20ClN3O4S/c26-17-5-3-4-16(12-17)23(31)27-18-10-8-15(9-11-18)24(32)33-14-19-13-22(30)29-20-6-1-2-7-21(20)34-25(29)28-19/h3-5,8-13H,1-2,6-7,14H2,(H,27,31). The largest absolute Gasteiger partial charge is 0.456 e. The van der Waals surface area contributed by atoms with Gasteiger partial charge in [0.1, 0.15) is 6.61 Å². The number of amides is 1. The molecule has 0 radical (unpaired) electrons. The Morgan fingerprint density at radius 2 is 1.85 bits per heavy atom. The summed E-state index contributed by atoms with van der Waals surface area (Å²) in [5.41, 5.74) is 2.63. The predicted molar refractivity (Wildman–Crippen MR) is 131 cm³/mol. The smallest absolute Gasteiger partial charge is 0.338 e. The highest BCUT2D eigenvalue weighted by molar-refractivity contribution is 7.17. The third-order valence-electron chi connectivity index (χ3n) is 5.63. The molecule has 0 fully saturated rings. The summed E-state index contributed by atoms with van der Waals surface area (Å²) in [6.45, 7) is -0.0968. The van der Waals surface area contributed by atoms with Gasteiger partial charge in [0.2, 0.25) is 0 Å². The summed E-state index contributed by atoms with van der Waals surface area (Å²) in [7, 11) is 0. The van der Waals surface area contributed by atoms with Gasteiger partial charge in [0.25, 0.3) is 11.5 Å². The summed E-state index contributed by atoms with van der Waals surface area (Å²) in [6.07, 6.45) is 4.07. The van der Waals surface area contributed by atoms with Crippen LogP contribution in [-0.4, -0.2) is 21.3 Å². The van der Waals surface area contributed by atoms with E-state index in [1.54, 1.807) is 52.9 Å². The van der Waals surface area contributed by atoms with Gasteiger partial charge in [0.05, 0.1) is 11.3 Å². The molecule has 0 atom stereocenters. The van der Waals surface area contributed by atoms with E-state index in [1.807, 2.05) is 0 Å². The van der Waals surface area contributed by atoms with Crippen molar-refractivity contribution in [3.8, 4) is 0 Å². The molecular weight excluding hydrogens is 474 g/mol. The first-order valence-corrected chi connectivity index (χ1v) is 12.0. The second-order valence-electron chi connectivity index (χ2n) is 8.00. The lowest BCUT2D eigenvalue weighted by atomic mass is 10.0. The van der Waals surface area contributed by atoms with Crippen LogP contribution < -0.4 is 10.9 Å². The molecule has 0 saturated carbocycles. The van der Waals surface area contributed by atoms with Crippen LogP contribution in [0.3, 0.4) is 0 Å². The zero-order chi connectivity index (χ0) is 23.7. The van der Waals surface area contributed by atoms with Crippen molar-refractivity contribution in [2.75, 3.05) is 5.32 Å². The van der Waals surface area contributed by atoms with Crippen molar-refractivity contribution in [1.29, 1.82) is 0 Å².